The second kappa shape index (κ2) is 4.65. The van der Waals surface area contributed by atoms with Gasteiger partial charge in [0.05, 0.1) is 0 Å². The second-order valence-corrected chi connectivity index (χ2v) is 6.01. The molecule has 0 saturated carbocycles. The van der Waals surface area contributed by atoms with Crippen LogP contribution < -0.4 is 10.6 Å². The molecule has 2 rings (SSSR count). The minimum atomic E-state index is 0.394. The lowest BCUT2D eigenvalue weighted by atomic mass is 9.80. The summed E-state index contributed by atoms with van der Waals surface area (Å²) in [6.07, 6.45) is 5.02. The van der Waals surface area contributed by atoms with Crippen LogP contribution in [0.5, 0.6) is 0 Å². The summed E-state index contributed by atoms with van der Waals surface area (Å²) in [6.45, 7) is 9.84. The molecule has 17 heavy (non-hydrogen) atoms. The molecule has 1 atom stereocenters. The SMILES string of the molecule is CC(C)(C)C1CCN(c2ccncc2CN)C1. The van der Waals surface area contributed by atoms with Gasteiger partial charge in [-0.1, -0.05) is 20.8 Å². The molecular weight excluding hydrogens is 210 g/mol. The van der Waals surface area contributed by atoms with Gasteiger partial charge in [0.15, 0.2) is 0 Å². The number of anilines is 1. The van der Waals surface area contributed by atoms with Crippen LogP contribution in [0.3, 0.4) is 0 Å². The molecule has 1 aromatic heterocycles. The molecule has 3 heteroatoms. The van der Waals surface area contributed by atoms with Crippen LogP contribution in [-0.2, 0) is 6.54 Å². The fourth-order valence-corrected chi connectivity index (χ4v) is 2.57. The summed E-state index contributed by atoms with van der Waals surface area (Å²) in [4.78, 5) is 6.61. The Morgan fingerprint density at radius 1 is 1.47 bits per heavy atom. The van der Waals surface area contributed by atoms with Crippen molar-refractivity contribution in [3.05, 3.63) is 24.0 Å². The van der Waals surface area contributed by atoms with Gasteiger partial charge in [-0.25, -0.2) is 0 Å². The molecule has 1 unspecified atom stereocenters. The van der Waals surface area contributed by atoms with E-state index in [-0.39, 0.29) is 0 Å². The van der Waals surface area contributed by atoms with Crippen LogP contribution in [0, 0.1) is 11.3 Å². The number of hydrogen-bond donors (Lipinski definition) is 1. The van der Waals surface area contributed by atoms with Gasteiger partial charge in [0.2, 0.25) is 0 Å². The molecular formula is C14H23N3. The Morgan fingerprint density at radius 3 is 2.82 bits per heavy atom. The molecule has 0 amide bonds. The Morgan fingerprint density at radius 2 is 2.24 bits per heavy atom. The van der Waals surface area contributed by atoms with Crippen molar-refractivity contribution >= 4 is 5.69 Å². The minimum absolute atomic E-state index is 0.394. The summed E-state index contributed by atoms with van der Waals surface area (Å²) >= 11 is 0. The topological polar surface area (TPSA) is 42.2 Å². The van der Waals surface area contributed by atoms with Crippen LogP contribution in [0.15, 0.2) is 18.5 Å². The molecule has 1 aromatic rings. The van der Waals surface area contributed by atoms with E-state index in [1.165, 1.54) is 12.1 Å². The van der Waals surface area contributed by atoms with Gasteiger partial charge < -0.3 is 10.6 Å². The van der Waals surface area contributed by atoms with Gasteiger partial charge in [-0.3, -0.25) is 4.98 Å². The van der Waals surface area contributed by atoms with E-state index in [1.54, 1.807) is 0 Å². The maximum Gasteiger partial charge on any atom is 0.0442 e. The summed E-state index contributed by atoms with van der Waals surface area (Å²) in [5.74, 6) is 0.765. The van der Waals surface area contributed by atoms with E-state index in [0.717, 1.165) is 24.6 Å². The highest BCUT2D eigenvalue weighted by Crippen LogP contribution is 2.36. The Labute approximate surface area is 104 Å². The van der Waals surface area contributed by atoms with Crippen LogP contribution in [0.1, 0.15) is 32.8 Å². The van der Waals surface area contributed by atoms with Crippen LogP contribution in [0.25, 0.3) is 0 Å². The molecule has 0 aliphatic carbocycles. The number of hydrogen-bond acceptors (Lipinski definition) is 3. The van der Waals surface area contributed by atoms with E-state index in [0.29, 0.717) is 12.0 Å². The molecule has 2 heterocycles. The van der Waals surface area contributed by atoms with Crippen molar-refractivity contribution in [1.29, 1.82) is 0 Å². The molecule has 3 nitrogen and oxygen atoms in total. The zero-order valence-electron chi connectivity index (χ0n) is 11.1. The Hall–Kier alpha value is -1.09. The molecule has 0 spiro atoms. The smallest absolute Gasteiger partial charge is 0.0442 e. The largest absolute Gasteiger partial charge is 0.371 e. The lowest BCUT2D eigenvalue weighted by Gasteiger charge is -2.28. The van der Waals surface area contributed by atoms with E-state index < -0.39 is 0 Å². The zero-order valence-corrected chi connectivity index (χ0v) is 11.1. The standard InChI is InChI=1S/C14H23N3/c1-14(2,3)12-5-7-17(10-12)13-4-6-16-9-11(13)8-15/h4,6,9,12H,5,7-8,10,15H2,1-3H3. The van der Waals surface area contributed by atoms with Gasteiger partial charge in [-0.2, -0.15) is 0 Å². The molecule has 94 valence electrons. The van der Waals surface area contributed by atoms with Crippen molar-refractivity contribution in [3.63, 3.8) is 0 Å². The Bertz CT molecular complexity index is 381. The van der Waals surface area contributed by atoms with Crippen molar-refractivity contribution in [3.8, 4) is 0 Å². The normalized spacial score (nSPS) is 20.9. The molecule has 0 radical (unpaired) electrons. The first kappa shape index (κ1) is 12.4. The fraction of sp³-hybridized carbons (Fsp3) is 0.643. The first-order chi connectivity index (χ1) is 8.02. The monoisotopic (exact) mass is 233 g/mol. The highest BCUT2D eigenvalue weighted by Gasteiger charge is 2.32. The van der Waals surface area contributed by atoms with Crippen molar-refractivity contribution in [2.45, 2.75) is 33.7 Å². The summed E-state index contributed by atoms with van der Waals surface area (Å²) in [5.41, 5.74) is 8.59. The Kier molecular flexibility index (Phi) is 3.38. The zero-order chi connectivity index (χ0) is 12.5. The predicted molar refractivity (Wildman–Crippen MR) is 71.9 cm³/mol. The number of nitrogens with two attached hydrogens (primary N) is 1. The molecule has 2 N–H and O–H groups in total. The molecule has 1 aliphatic rings. The van der Waals surface area contributed by atoms with Gasteiger partial charge in [0.1, 0.15) is 0 Å². The van der Waals surface area contributed by atoms with Gasteiger partial charge in [0.25, 0.3) is 0 Å². The molecule has 1 fully saturated rings. The number of aromatic nitrogens is 1. The first-order valence-electron chi connectivity index (χ1n) is 6.40. The second-order valence-electron chi connectivity index (χ2n) is 6.01. The highest BCUT2D eigenvalue weighted by molar-refractivity contribution is 5.53. The van der Waals surface area contributed by atoms with Crippen molar-refractivity contribution < 1.29 is 0 Å². The summed E-state index contributed by atoms with van der Waals surface area (Å²) in [5, 5.41) is 0. The van der Waals surface area contributed by atoms with E-state index in [1.807, 2.05) is 12.4 Å². The van der Waals surface area contributed by atoms with Crippen molar-refractivity contribution in [2.75, 3.05) is 18.0 Å². The first-order valence-corrected chi connectivity index (χ1v) is 6.40. The Balaban J connectivity index is 2.15. The molecule has 0 aromatic carbocycles. The van der Waals surface area contributed by atoms with Gasteiger partial charge in [0, 0.05) is 43.3 Å². The van der Waals surface area contributed by atoms with Gasteiger partial charge in [-0.15, -0.1) is 0 Å². The molecule has 1 saturated heterocycles. The lowest BCUT2D eigenvalue weighted by molar-refractivity contribution is 0.263. The number of pyridine rings is 1. The maximum atomic E-state index is 5.77. The van der Waals surface area contributed by atoms with E-state index in [9.17, 15) is 0 Å². The summed E-state index contributed by atoms with van der Waals surface area (Å²) < 4.78 is 0. The van der Waals surface area contributed by atoms with Gasteiger partial charge in [-0.05, 0) is 23.8 Å². The van der Waals surface area contributed by atoms with E-state index >= 15 is 0 Å². The van der Waals surface area contributed by atoms with Crippen molar-refractivity contribution in [1.82, 2.24) is 4.98 Å². The fourth-order valence-electron chi connectivity index (χ4n) is 2.57. The average molecular weight is 233 g/mol. The van der Waals surface area contributed by atoms with Crippen LogP contribution >= 0.6 is 0 Å². The number of rotatable bonds is 2. The highest BCUT2D eigenvalue weighted by atomic mass is 15.2. The third-order valence-electron chi connectivity index (χ3n) is 3.85. The number of nitrogens with zero attached hydrogens (tertiary/aromatic N) is 2. The van der Waals surface area contributed by atoms with Crippen molar-refractivity contribution in [2.24, 2.45) is 17.1 Å². The maximum absolute atomic E-state index is 5.77. The quantitative estimate of drug-likeness (QED) is 0.853. The van der Waals surface area contributed by atoms with Crippen LogP contribution in [0.4, 0.5) is 5.69 Å². The third-order valence-corrected chi connectivity index (χ3v) is 3.85. The predicted octanol–water partition coefficient (Wildman–Crippen LogP) is 2.41. The molecule has 0 bridgehead atoms. The molecule has 1 aliphatic heterocycles. The summed E-state index contributed by atoms with van der Waals surface area (Å²) in [6, 6.07) is 2.09. The van der Waals surface area contributed by atoms with Crippen LogP contribution in [-0.4, -0.2) is 18.1 Å². The van der Waals surface area contributed by atoms with E-state index in [2.05, 4.69) is 36.7 Å². The summed E-state index contributed by atoms with van der Waals surface area (Å²) in [7, 11) is 0. The van der Waals surface area contributed by atoms with Crippen LogP contribution in [0.2, 0.25) is 0 Å². The minimum Gasteiger partial charge on any atom is -0.371 e. The third kappa shape index (κ3) is 2.60. The van der Waals surface area contributed by atoms with E-state index in [4.69, 9.17) is 5.73 Å². The lowest BCUT2D eigenvalue weighted by Crippen LogP contribution is -2.26. The van der Waals surface area contributed by atoms with Gasteiger partial charge >= 0.3 is 0 Å². The average Bonchev–Trinajstić information content (AvgIpc) is 2.77.